The maximum absolute atomic E-state index is 12.7. The first kappa shape index (κ1) is 25.6. The van der Waals surface area contributed by atoms with Crippen LogP contribution in [0.3, 0.4) is 0 Å². The van der Waals surface area contributed by atoms with Crippen molar-refractivity contribution in [3.8, 4) is 0 Å². The van der Waals surface area contributed by atoms with Gasteiger partial charge in [-0.15, -0.1) is 0 Å². The first-order chi connectivity index (χ1) is 14.5. The van der Waals surface area contributed by atoms with Gasteiger partial charge in [-0.05, 0) is 11.5 Å². The van der Waals surface area contributed by atoms with Crippen LogP contribution in [0.15, 0.2) is 30.3 Å². The minimum Gasteiger partial charge on any atom is -0.480 e. The van der Waals surface area contributed by atoms with Crippen molar-refractivity contribution in [3.05, 3.63) is 35.9 Å². The van der Waals surface area contributed by atoms with E-state index in [0.29, 0.717) is 0 Å². The summed E-state index contributed by atoms with van der Waals surface area (Å²) < 4.78 is 0. The number of carboxylic acids is 1. The van der Waals surface area contributed by atoms with Crippen LogP contribution in [-0.4, -0.2) is 59.4 Å². The number of nitrogens with two attached hydrogens (primary N) is 2. The number of carbonyl (C=O) groups excluding carboxylic acids is 4. The molecule has 0 aliphatic rings. The predicted molar refractivity (Wildman–Crippen MR) is 111 cm³/mol. The van der Waals surface area contributed by atoms with Crippen LogP contribution >= 0.6 is 0 Å². The smallest absolute Gasteiger partial charge is 0.326 e. The van der Waals surface area contributed by atoms with Crippen molar-refractivity contribution in [1.82, 2.24) is 16.0 Å². The molecule has 11 nitrogen and oxygen atoms in total. The van der Waals surface area contributed by atoms with Crippen LogP contribution < -0.4 is 27.4 Å². The van der Waals surface area contributed by atoms with Gasteiger partial charge in [-0.3, -0.25) is 19.2 Å². The first-order valence-electron chi connectivity index (χ1n) is 9.69. The zero-order valence-electron chi connectivity index (χ0n) is 17.5. The van der Waals surface area contributed by atoms with Gasteiger partial charge >= 0.3 is 5.97 Å². The van der Waals surface area contributed by atoms with Crippen molar-refractivity contribution < 1.29 is 29.1 Å². The van der Waals surface area contributed by atoms with Crippen molar-refractivity contribution in [1.29, 1.82) is 0 Å². The molecule has 0 radical (unpaired) electrons. The molecule has 8 N–H and O–H groups in total. The molecular formula is C20H29N5O6. The Hall–Kier alpha value is -3.47. The van der Waals surface area contributed by atoms with Crippen LogP contribution in [0.1, 0.15) is 25.8 Å². The average molecular weight is 435 g/mol. The van der Waals surface area contributed by atoms with E-state index in [1.165, 1.54) is 0 Å². The Morgan fingerprint density at radius 1 is 1.00 bits per heavy atom. The van der Waals surface area contributed by atoms with Gasteiger partial charge in [-0.1, -0.05) is 44.2 Å². The molecule has 0 bridgehead atoms. The lowest BCUT2D eigenvalue weighted by Crippen LogP contribution is -2.55. The Morgan fingerprint density at radius 3 is 2.13 bits per heavy atom. The topological polar surface area (TPSA) is 194 Å². The monoisotopic (exact) mass is 435 g/mol. The summed E-state index contributed by atoms with van der Waals surface area (Å²) in [5.74, 6) is -4.43. The van der Waals surface area contributed by atoms with Gasteiger partial charge in [0, 0.05) is 6.42 Å². The molecule has 11 heteroatoms. The Labute approximate surface area is 179 Å². The fraction of sp³-hybridized carbons (Fsp3) is 0.450. The lowest BCUT2D eigenvalue weighted by Gasteiger charge is -2.23. The Kier molecular flexibility index (Phi) is 10.1. The minimum atomic E-state index is -1.20. The summed E-state index contributed by atoms with van der Waals surface area (Å²) in [5.41, 5.74) is 11.2. The van der Waals surface area contributed by atoms with Crippen LogP contribution in [0, 0.1) is 5.92 Å². The number of carbonyl (C=O) groups is 5. The van der Waals surface area contributed by atoms with Crippen LogP contribution in [0.25, 0.3) is 0 Å². The molecule has 3 unspecified atom stereocenters. The third-order valence-corrected chi connectivity index (χ3v) is 4.35. The highest BCUT2D eigenvalue weighted by atomic mass is 16.4. The highest BCUT2D eigenvalue weighted by Crippen LogP contribution is 2.06. The number of rotatable bonds is 12. The molecular weight excluding hydrogens is 406 g/mol. The van der Waals surface area contributed by atoms with Gasteiger partial charge < -0.3 is 32.5 Å². The first-order valence-corrected chi connectivity index (χ1v) is 9.69. The van der Waals surface area contributed by atoms with Crippen molar-refractivity contribution in [3.63, 3.8) is 0 Å². The molecule has 0 aliphatic carbocycles. The van der Waals surface area contributed by atoms with Gasteiger partial charge in [0.15, 0.2) is 0 Å². The fourth-order valence-corrected chi connectivity index (χ4v) is 2.68. The predicted octanol–water partition coefficient (Wildman–Crippen LogP) is -1.74. The number of hydrogen-bond donors (Lipinski definition) is 6. The van der Waals surface area contributed by atoms with Crippen molar-refractivity contribution in [2.45, 2.75) is 44.8 Å². The van der Waals surface area contributed by atoms with Gasteiger partial charge in [-0.25, -0.2) is 4.79 Å². The molecule has 31 heavy (non-hydrogen) atoms. The largest absolute Gasteiger partial charge is 0.480 e. The SMILES string of the molecule is CC(C)C(NC(=O)C(Cc1ccccc1)NC(=O)CNC(=O)C(N)CC(N)=O)C(=O)O. The average Bonchev–Trinajstić information content (AvgIpc) is 2.69. The third kappa shape index (κ3) is 9.26. The molecule has 4 amide bonds. The summed E-state index contributed by atoms with van der Waals surface area (Å²) in [4.78, 5) is 59.1. The molecule has 0 spiro atoms. The van der Waals surface area contributed by atoms with Crippen LogP contribution in [0.4, 0.5) is 0 Å². The number of primary amides is 1. The number of nitrogens with one attached hydrogen (secondary N) is 3. The molecule has 170 valence electrons. The molecule has 0 saturated carbocycles. The third-order valence-electron chi connectivity index (χ3n) is 4.35. The molecule has 0 fully saturated rings. The Morgan fingerprint density at radius 2 is 1.61 bits per heavy atom. The lowest BCUT2D eigenvalue weighted by molar-refractivity contribution is -0.143. The van der Waals surface area contributed by atoms with E-state index in [4.69, 9.17) is 11.5 Å². The van der Waals surface area contributed by atoms with E-state index in [9.17, 15) is 29.1 Å². The Balaban J connectivity index is 2.83. The molecule has 3 atom stereocenters. The quantitative estimate of drug-likeness (QED) is 0.224. The molecule has 0 aromatic heterocycles. The maximum Gasteiger partial charge on any atom is 0.326 e. The lowest BCUT2D eigenvalue weighted by atomic mass is 10.0. The zero-order chi connectivity index (χ0) is 23.6. The minimum absolute atomic E-state index is 0.109. The zero-order valence-corrected chi connectivity index (χ0v) is 17.5. The molecule has 0 heterocycles. The number of benzene rings is 1. The summed E-state index contributed by atoms with van der Waals surface area (Å²) in [6.45, 7) is 2.81. The van der Waals surface area contributed by atoms with Gasteiger partial charge in [0.1, 0.15) is 12.1 Å². The second-order valence-electron chi connectivity index (χ2n) is 7.37. The number of hydrogen-bond acceptors (Lipinski definition) is 6. The van der Waals surface area contributed by atoms with Gasteiger partial charge in [0.05, 0.1) is 19.0 Å². The van der Waals surface area contributed by atoms with Crippen molar-refractivity contribution in [2.75, 3.05) is 6.54 Å². The van der Waals surface area contributed by atoms with E-state index in [2.05, 4.69) is 16.0 Å². The van der Waals surface area contributed by atoms with E-state index in [-0.39, 0.29) is 18.8 Å². The van der Waals surface area contributed by atoms with Crippen molar-refractivity contribution in [2.24, 2.45) is 17.4 Å². The standard InChI is InChI=1S/C20H29N5O6/c1-11(2)17(20(30)31)25-19(29)14(8-12-6-4-3-5-7-12)24-16(27)10-23-18(28)13(21)9-15(22)26/h3-7,11,13-14,17H,8-10,21H2,1-2H3,(H2,22,26)(H,23,28)(H,24,27)(H,25,29)(H,30,31). The van der Waals surface area contributed by atoms with E-state index in [0.717, 1.165) is 5.56 Å². The van der Waals surface area contributed by atoms with E-state index in [1.807, 2.05) is 0 Å². The fourth-order valence-electron chi connectivity index (χ4n) is 2.68. The summed E-state index contributed by atoms with van der Waals surface area (Å²) >= 11 is 0. The highest BCUT2D eigenvalue weighted by Gasteiger charge is 2.29. The van der Waals surface area contributed by atoms with E-state index < -0.39 is 54.3 Å². The summed E-state index contributed by atoms with van der Waals surface area (Å²) in [6.07, 6.45) is -0.268. The van der Waals surface area contributed by atoms with Crippen LogP contribution in [-0.2, 0) is 30.4 Å². The highest BCUT2D eigenvalue weighted by molar-refractivity contribution is 5.93. The second-order valence-corrected chi connectivity index (χ2v) is 7.37. The van der Waals surface area contributed by atoms with Gasteiger partial charge in [-0.2, -0.15) is 0 Å². The van der Waals surface area contributed by atoms with E-state index in [1.54, 1.807) is 44.2 Å². The normalized spacial score (nSPS) is 13.5. The van der Waals surface area contributed by atoms with Gasteiger partial charge in [0.2, 0.25) is 23.6 Å². The molecule has 0 aliphatic heterocycles. The number of aliphatic carboxylic acids is 1. The van der Waals surface area contributed by atoms with Gasteiger partial charge in [0.25, 0.3) is 0 Å². The summed E-state index contributed by atoms with van der Waals surface area (Å²) in [6, 6.07) is 5.43. The molecule has 1 aromatic rings. The number of amides is 4. The Bertz CT molecular complexity index is 799. The second kappa shape index (κ2) is 12.3. The molecule has 0 saturated heterocycles. The van der Waals surface area contributed by atoms with Crippen LogP contribution in [0.2, 0.25) is 0 Å². The summed E-state index contributed by atoms with van der Waals surface area (Å²) in [5, 5.41) is 16.5. The molecule has 1 rings (SSSR count). The summed E-state index contributed by atoms with van der Waals surface area (Å²) in [7, 11) is 0. The number of carboxylic acid groups (broad SMARTS) is 1. The van der Waals surface area contributed by atoms with E-state index >= 15 is 0 Å². The maximum atomic E-state index is 12.7. The molecule has 1 aromatic carbocycles. The van der Waals surface area contributed by atoms with Crippen LogP contribution in [0.5, 0.6) is 0 Å². The van der Waals surface area contributed by atoms with Crippen molar-refractivity contribution >= 4 is 29.6 Å².